The molecule has 39 heavy (non-hydrogen) atoms. The summed E-state index contributed by atoms with van der Waals surface area (Å²) in [5.74, 6) is -0.925. The molecule has 12 nitrogen and oxygen atoms in total. The van der Waals surface area contributed by atoms with Gasteiger partial charge in [0.1, 0.15) is 0 Å². The number of ether oxygens (including phenoxy) is 3. The highest BCUT2D eigenvalue weighted by molar-refractivity contribution is 5.78. The summed E-state index contributed by atoms with van der Waals surface area (Å²) < 4.78 is 16.6. The van der Waals surface area contributed by atoms with Gasteiger partial charge in [-0.1, -0.05) is 13.8 Å². The number of hydroxylamine groups is 2. The van der Waals surface area contributed by atoms with Gasteiger partial charge in [0.2, 0.25) is 12.5 Å². The van der Waals surface area contributed by atoms with E-state index < -0.39 is 23.8 Å². The number of carbonyl (C=O) groups excluding carboxylic acids is 2. The fourth-order valence-corrected chi connectivity index (χ4v) is 5.67. The number of methoxy groups -OCH3 is 1. The summed E-state index contributed by atoms with van der Waals surface area (Å²) in [5.41, 5.74) is 0.744. The number of carboxylic acids is 1. The second-order valence-corrected chi connectivity index (χ2v) is 10.2. The summed E-state index contributed by atoms with van der Waals surface area (Å²) in [6, 6.07) is 3.06. The quantitative estimate of drug-likeness (QED) is 0.370. The van der Waals surface area contributed by atoms with Crippen molar-refractivity contribution in [2.75, 3.05) is 66.8 Å². The van der Waals surface area contributed by atoms with E-state index in [2.05, 4.69) is 0 Å². The van der Waals surface area contributed by atoms with Gasteiger partial charge in [-0.2, -0.15) is 0 Å². The molecule has 1 aromatic carbocycles. The van der Waals surface area contributed by atoms with Gasteiger partial charge < -0.3 is 29.1 Å². The second kappa shape index (κ2) is 12.7. The number of hydrogen-bond donors (Lipinski definition) is 1. The largest absolute Gasteiger partial charge is 0.493 e. The zero-order chi connectivity index (χ0) is 28.1. The molecule has 1 N–H and O–H groups in total. The van der Waals surface area contributed by atoms with Gasteiger partial charge in [0, 0.05) is 51.7 Å². The van der Waals surface area contributed by atoms with Crippen molar-refractivity contribution in [1.82, 2.24) is 19.8 Å². The van der Waals surface area contributed by atoms with Crippen LogP contribution in [0.2, 0.25) is 0 Å². The lowest BCUT2D eigenvalue weighted by Gasteiger charge is -2.30. The van der Waals surface area contributed by atoms with E-state index in [1.54, 1.807) is 29.0 Å². The van der Waals surface area contributed by atoms with Crippen LogP contribution in [0.5, 0.6) is 17.2 Å². The molecule has 12 heteroatoms. The van der Waals surface area contributed by atoms with Crippen molar-refractivity contribution < 1.29 is 38.5 Å². The van der Waals surface area contributed by atoms with Gasteiger partial charge in [-0.05, 0) is 37.0 Å². The van der Waals surface area contributed by atoms with Crippen LogP contribution in [0.3, 0.4) is 0 Å². The predicted molar refractivity (Wildman–Crippen MR) is 141 cm³/mol. The number of nitrogens with zero attached hydrogens (tertiary/aromatic N) is 4. The molecule has 3 aliphatic heterocycles. The normalized spacial score (nSPS) is 22.6. The molecule has 3 atom stereocenters. The summed E-state index contributed by atoms with van der Waals surface area (Å²) in [5, 5.41) is 11.9. The number of rotatable bonds is 13. The van der Waals surface area contributed by atoms with Crippen molar-refractivity contribution in [1.29, 1.82) is 0 Å². The minimum atomic E-state index is -0.950. The Bertz CT molecular complexity index is 1050. The lowest BCUT2D eigenvalue weighted by atomic mass is 9.84. The Morgan fingerprint density at radius 3 is 2.62 bits per heavy atom. The van der Waals surface area contributed by atoms with Gasteiger partial charge in [0.15, 0.2) is 11.5 Å². The molecule has 0 saturated carbocycles. The van der Waals surface area contributed by atoms with Crippen LogP contribution < -0.4 is 14.2 Å². The average molecular weight is 549 g/mol. The highest BCUT2D eigenvalue weighted by Crippen LogP contribution is 2.47. The van der Waals surface area contributed by atoms with Crippen molar-refractivity contribution >= 4 is 17.9 Å². The molecule has 1 aromatic rings. The lowest BCUT2D eigenvalue weighted by Crippen LogP contribution is -2.45. The van der Waals surface area contributed by atoms with Gasteiger partial charge >= 0.3 is 12.0 Å². The number of carbonyl (C=O) groups is 3. The third-order valence-electron chi connectivity index (χ3n) is 7.63. The van der Waals surface area contributed by atoms with Crippen molar-refractivity contribution in [3.05, 3.63) is 17.7 Å². The molecule has 0 radical (unpaired) electrons. The summed E-state index contributed by atoms with van der Waals surface area (Å²) in [7, 11) is 3.28. The van der Waals surface area contributed by atoms with Crippen LogP contribution in [0.25, 0.3) is 0 Å². The zero-order valence-corrected chi connectivity index (χ0v) is 23.3. The van der Waals surface area contributed by atoms with E-state index in [1.165, 1.54) is 12.2 Å². The van der Waals surface area contributed by atoms with Crippen LogP contribution in [-0.4, -0.2) is 116 Å². The molecule has 0 aliphatic carbocycles. The van der Waals surface area contributed by atoms with Gasteiger partial charge in [0.25, 0.3) is 5.91 Å². The van der Waals surface area contributed by atoms with Gasteiger partial charge in [-0.25, -0.2) is 9.86 Å². The van der Waals surface area contributed by atoms with Crippen molar-refractivity contribution in [2.45, 2.75) is 45.1 Å². The number of urea groups is 1. The van der Waals surface area contributed by atoms with Crippen molar-refractivity contribution in [2.24, 2.45) is 5.92 Å². The molecule has 4 rings (SSSR count). The molecule has 2 fully saturated rings. The Balaban J connectivity index is 1.62. The first-order valence-corrected chi connectivity index (χ1v) is 13.7. The lowest BCUT2D eigenvalue weighted by molar-refractivity contribution is -0.188. The number of aliphatic carboxylic acids is 1. The SMILES string of the molecule is CCCON(CCC)C(=O)CN1C[C@H](c2cc(OC)c3c(c2)OCO3)[C@@H](C(=O)O)[C@@H]1CCN1CCN(C)C1=O. The topological polar surface area (TPSA) is 121 Å². The molecule has 3 heterocycles. The molecule has 0 aromatic heterocycles. The molecule has 0 spiro atoms. The number of amides is 3. The Kier molecular flexibility index (Phi) is 9.39. The van der Waals surface area contributed by atoms with Crippen LogP contribution in [0.4, 0.5) is 4.79 Å². The summed E-state index contributed by atoms with van der Waals surface area (Å²) in [4.78, 5) is 49.7. The Morgan fingerprint density at radius 2 is 1.97 bits per heavy atom. The van der Waals surface area contributed by atoms with Gasteiger partial charge in [-0.15, -0.1) is 0 Å². The van der Waals surface area contributed by atoms with E-state index in [0.29, 0.717) is 63.0 Å². The first-order chi connectivity index (χ1) is 18.8. The van der Waals surface area contributed by atoms with E-state index in [4.69, 9.17) is 19.0 Å². The summed E-state index contributed by atoms with van der Waals surface area (Å²) in [6.07, 6.45) is 1.93. The van der Waals surface area contributed by atoms with E-state index in [9.17, 15) is 19.5 Å². The zero-order valence-electron chi connectivity index (χ0n) is 23.3. The van der Waals surface area contributed by atoms with Crippen molar-refractivity contribution in [3.8, 4) is 17.2 Å². The van der Waals surface area contributed by atoms with Crippen LogP contribution in [0, 0.1) is 5.92 Å². The minimum absolute atomic E-state index is 0.0181. The maximum atomic E-state index is 13.4. The molecular weight excluding hydrogens is 508 g/mol. The maximum absolute atomic E-state index is 13.4. The number of carboxylic acid groups (broad SMARTS) is 1. The Hall–Kier alpha value is -3.25. The highest BCUT2D eigenvalue weighted by atomic mass is 16.7. The number of benzene rings is 1. The van der Waals surface area contributed by atoms with Crippen LogP contribution >= 0.6 is 0 Å². The second-order valence-electron chi connectivity index (χ2n) is 10.2. The number of hydrogen-bond acceptors (Lipinski definition) is 8. The first-order valence-electron chi connectivity index (χ1n) is 13.7. The number of likely N-dealkylation sites (tertiary alicyclic amines) is 1. The molecular formula is C27H40N4O8. The molecule has 3 amide bonds. The molecule has 0 unspecified atom stereocenters. The average Bonchev–Trinajstić information content (AvgIpc) is 3.62. The fourth-order valence-electron chi connectivity index (χ4n) is 5.67. The first kappa shape index (κ1) is 28.8. The third-order valence-corrected chi connectivity index (χ3v) is 7.63. The van der Waals surface area contributed by atoms with E-state index >= 15 is 0 Å². The molecule has 3 aliphatic rings. The van der Waals surface area contributed by atoms with Crippen molar-refractivity contribution in [3.63, 3.8) is 0 Å². The summed E-state index contributed by atoms with van der Waals surface area (Å²) >= 11 is 0. The van der Waals surface area contributed by atoms with Gasteiger partial charge in [-0.3, -0.25) is 19.3 Å². The molecule has 0 bridgehead atoms. The molecule has 2 saturated heterocycles. The van der Waals surface area contributed by atoms with Crippen LogP contribution in [0.15, 0.2) is 12.1 Å². The fraction of sp³-hybridized carbons (Fsp3) is 0.667. The van der Waals surface area contributed by atoms with E-state index in [1.807, 2.05) is 18.7 Å². The van der Waals surface area contributed by atoms with E-state index in [-0.39, 0.29) is 25.3 Å². The van der Waals surface area contributed by atoms with E-state index in [0.717, 1.165) is 18.4 Å². The van der Waals surface area contributed by atoms with Gasteiger partial charge in [0.05, 0.1) is 26.2 Å². The number of likely N-dealkylation sites (N-methyl/N-ethyl adjacent to an activating group) is 1. The third kappa shape index (κ3) is 6.17. The smallest absolute Gasteiger partial charge is 0.319 e. The molecule has 216 valence electrons. The standard InChI is InChI=1S/C27H40N4O8/c1-5-8-31(39-12-6-2)23(32)16-30-15-19(18-13-21(36-4)25-22(14-18)37-17-38-25)24(26(33)34)20(30)7-9-29-11-10-28(3)27(29)35/h13-14,19-20,24H,5-12,15-17H2,1-4H3,(H,33,34)/t19-,20+,24-/m1/s1. The predicted octanol–water partition coefficient (Wildman–Crippen LogP) is 2.23. The maximum Gasteiger partial charge on any atom is 0.319 e. The Morgan fingerprint density at radius 1 is 1.18 bits per heavy atom. The number of fused-ring (bicyclic) bond motifs is 1. The van der Waals surface area contributed by atoms with Crippen LogP contribution in [-0.2, 0) is 14.4 Å². The summed E-state index contributed by atoms with van der Waals surface area (Å²) in [6.45, 7) is 6.90. The Labute approximate surface area is 229 Å². The highest BCUT2D eigenvalue weighted by Gasteiger charge is 2.48. The van der Waals surface area contributed by atoms with Crippen LogP contribution in [0.1, 0.15) is 44.6 Å². The minimum Gasteiger partial charge on any atom is -0.493 e. The monoisotopic (exact) mass is 548 g/mol.